The Kier molecular flexibility index (Phi) is 4.10. The molecule has 23 heavy (non-hydrogen) atoms. The van der Waals surface area contributed by atoms with Gasteiger partial charge in [0.15, 0.2) is 0 Å². The van der Waals surface area contributed by atoms with Gasteiger partial charge in [0.05, 0.1) is 4.92 Å². The second kappa shape index (κ2) is 6.20. The minimum Gasteiger partial charge on any atom is -0.361 e. The maximum absolute atomic E-state index is 11.1. The van der Waals surface area contributed by atoms with E-state index in [0.29, 0.717) is 18.3 Å². The Hall–Kier alpha value is -2.70. The van der Waals surface area contributed by atoms with Crippen LogP contribution in [0.5, 0.6) is 0 Å². The molecule has 0 saturated heterocycles. The van der Waals surface area contributed by atoms with Gasteiger partial charge in [-0.1, -0.05) is 24.3 Å². The summed E-state index contributed by atoms with van der Waals surface area (Å²) in [7, 11) is 1.88. The van der Waals surface area contributed by atoms with Crippen molar-refractivity contribution in [2.75, 3.05) is 17.3 Å². The highest BCUT2D eigenvalue weighted by Gasteiger charge is 2.27. The van der Waals surface area contributed by atoms with Gasteiger partial charge in [0, 0.05) is 19.6 Å². The number of hydrogen-bond donors (Lipinski definition) is 1. The van der Waals surface area contributed by atoms with Crippen LogP contribution >= 0.6 is 0 Å². The van der Waals surface area contributed by atoms with Crippen LogP contribution in [0.1, 0.15) is 24.0 Å². The average Bonchev–Trinajstić information content (AvgIpc) is 3.33. The molecule has 0 radical (unpaired) electrons. The minimum absolute atomic E-state index is 0.0788. The van der Waals surface area contributed by atoms with Crippen molar-refractivity contribution < 1.29 is 4.92 Å². The molecule has 1 aromatic carbocycles. The molecule has 7 nitrogen and oxygen atoms in total. The SMILES string of the molecule is Cc1ccccc1CN(C)c1ncc([N+](=O)[O-])c(NC2CC2)n1. The Morgan fingerprint density at radius 2 is 2.13 bits per heavy atom. The number of nitro groups is 1. The summed E-state index contributed by atoms with van der Waals surface area (Å²) in [5.74, 6) is 0.779. The van der Waals surface area contributed by atoms with Gasteiger partial charge in [-0.3, -0.25) is 10.1 Å². The first-order chi connectivity index (χ1) is 11.0. The molecule has 0 aliphatic heterocycles. The van der Waals surface area contributed by atoms with E-state index in [1.807, 2.05) is 24.1 Å². The molecule has 120 valence electrons. The molecule has 1 saturated carbocycles. The summed E-state index contributed by atoms with van der Waals surface area (Å²) < 4.78 is 0. The van der Waals surface area contributed by atoms with Crippen molar-refractivity contribution in [2.45, 2.75) is 32.4 Å². The normalized spacial score (nSPS) is 13.7. The molecule has 0 bridgehead atoms. The van der Waals surface area contributed by atoms with Crippen molar-refractivity contribution in [3.63, 3.8) is 0 Å². The van der Waals surface area contributed by atoms with Gasteiger partial charge >= 0.3 is 5.69 Å². The number of nitrogens with one attached hydrogen (secondary N) is 1. The lowest BCUT2D eigenvalue weighted by atomic mass is 10.1. The molecule has 7 heteroatoms. The zero-order valence-corrected chi connectivity index (χ0v) is 13.2. The first kappa shape index (κ1) is 15.2. The zero-order valence-electron chi connectivity index (χ0n) is 13.2. The number of benzene rings is 1. The van der Waals surface area contributed by atoms with Crippen LogP contribution in [-0.2, 0) is 6.54 Å². The van der Waals surface area contributed by atoms with Gasteiger partial charge in [0.25, 0.3) is 0 Å². The van der Waals surface area contributed by atoms with Crippen LogP contribution in [0.2, 0.25) is 0 Å². The Morgan fingerprint density at radius 1 is 1.39 bits per heavy atom. The Balaban J connectivity index is 1.83. The minimum atomic E-state index is -0.449. The summed E-state index contributed by atoms with van der Waals surface area (Å²) in [6.45, 7) is 2.70. The van der Waals surface area contributed by atoms with Crippen LogP contribution < -0.4 is 10.2 Å². The third-order valence-electron chi connectivity index (χ3n) is 3.88. The molecule has 0 atom stereocenters. The van der Waals surface area contributed by atoms with Gasteiger partial charge in [-0.2, -0.15) is 4.98 Å². The monoisotopic (exact) mass is 313 g/mol. The molecular weight excluding hydrogens is 294 g/mol. The van der Waals surface area contributed by atoms with Crippen molar-refractivity contribution in [1.82, 2.24) is 9.97 Å². The molecule has 0 unspecified atom stereocenters. The standard InChI is InChI=1S/C16H19N5O2/c1-11-5-3-4-6-12(11)10-20(2)16-17-9-14(21(22)23)15(19-16)18-13-7-8-13/h3-6,9,13H,7-8,10H2,1-2H3,(H,17,18,19). The molecule has 1 N–H and O–H groups in total. The van der Waals surface area contributed by atoms with Gasteiger partial charge < -0.3 is 10.2 Å². The number of rotatable bonds is 6. The Bertz CT molecular complexity index is 730. The Labute approximate surface area is 134 Å². The number of aryl methyl sites for hydroxylation is 1. The fourth-order valence-electron chi connectivity index (χ4n) is 2.32. The first-order valence-electron chi connectivity index (χ1n) is 7.58. The van der Waals surface area contributed by atoms with E-state index in [0.717, 1.165) is 12.8 Å². The van der Waals surface area contributed by atoms with Crippen LogP contribution in [0.3, 0.4) is 0 Å². The molecular formula is C16H19N5O2. The van der Waals surface area contributed by atoms with Crippen LogP contribution in [0.25, 0.3) is 0 Å². The summed E-state index contributed by atoms with van der Waals surface area (Å²) in [4.78, 5) is 21.1. The van der Waals surface area contributed by atoms with Gasteiger partial charge in [0.1, 0.15) is 6.20 Å². The summed E-state index contributed by atoms with van der Waals surface area (Å²) in [5.41, 5.74) is 2.29. The molecule has 1 aliphatic rings. The third-order valence-corrected chi connectivity index (χ3v) is 3.88. The number of hydrogen-bond acceptors (Lipinski definition) is 6. The smallest absolute Gasteiger partial charge is 0.329 e. The predicted octanol–water partition coefficient (Wildman–Crippen LogP) is 2.90. The molecule has 2 aromatic rings. The van der Waals surface area contributed by atoms with E-state index in [-0.39, 0.29) is 11.7 Å². The molecule has 0 spiro atoms. The third kappa shape index (κ3) is 3.56. The average molecular weight is 313 g/mol. The van der Waals surface area contributed by atoms with E-state index >= 15 is 0 Å². The molecule has 3 rings (SSSR count). The number of nitrogens with zero attached hydrogens (tertiary/aromatic N) is 4. The molecule has 1 heterocycles. The lowest BCUT2D eigenvalue weighted by molar-refractivity contribution is -0.384. The van der Waals surface area contributed by atoms with E-state index in [9.17, 15) is 10.1 Å². The first-order valence-corrected chi connectivity index (χ1v) is 7.58. The van der Waals surface area contributed by atoms with Crippen molar-refractivity contribution in [3.05, 3.63) is 51.7 Å². The van der Waals surface area contributed by atoms with E-state index in [1.54, 1.807) is 0 Å². The Morgan fingerprint density at radius 3 is 2.78 bits per heavy atom. The summed E-state index contributed by atoms with van der Waals surface area (Å²) in [6, 6.07) is 8.39. The zero-order chi connectivity index (χ0) is 16.4. The van der Waals surface area contributed by atoms with E-state index in [4.69, 9.17) is 0 Å². The second-order valence-corrected chi connectivity index (χ2v) is 5.86. The second-order valence-electron chi connectivity index (χ2n) is 5.86. The highest BCUT2D eigenvalue weighted by molar-refractivity contribution is 5.58. The fraction of sp³-hybridized carbons (Fsp3) is 0.375. The summed E-state index contributed by atoms with van der Waals surface area (Å²) in [6.07, 6.45) is 3.33. The topological polar surface area (TPSA) is 84.2 Å². The van der Waals surface area contributed by atoms with E-state index in [1.165, 1.54) is 17.3 Å². The van der Waals surface area contributed by atoms with Gasteiger partial charge in [0.2, 0.25) is 11.8 Å². The lowest BCUT2D eigenvalue weighted by Gasteiger charge is -2.19. The van der Waals surface area contributed by atoms with Gasteiger partial charge in [-0.25, -0.2) is 4.98 Å². The van der Waals surface area contributed by atoms with Crippen molar-refractivity contribution >= 4 is 17.5 Å². The van der Waals surface area contributed by atoms with Crippen molar-refractivity contribution in [1.29, 1.82) is 0 Å². The summed E-state index contributed by atoms with van der Waals surface area (Å²) >= 11 is 0. The predicted molar refractivity (Wildman–Crippen MR) is 88.6 cm³/mol. The van der Waals surface area contributed by atoms with Crippen LogP contribution in [0.15, 0.2) is 30.5 Å². The number of anilines is 2. The van der Waals surface area contributed by atoms with Gasteiger partial charge in [-0.15, -0.1) is 0 Å². The van der Waals surface area contributed by atoms with E-state index in [2.05, 4.69) is 34.3 Å². The largest absolute Gasteiger partial charge is 0.361 e. The van der Waals surface area contributed by atoms with Gasteiger partial charge in [-0.05, 0) is 30.9 Å². The highest BCUT2D eigenvalue weighted by Crippen LogP contribution is 2.30. The maximum atomic E-state index is 11.1. The van der Waals surface area contributed by atoms with E-state index < -0.39 is 4.92 Å². The molecule has 0 amide bonds. The molecule has 1 aliphatic carbocycles. The summed E-state index contributed by atoms with van der Waals surface area (Å²) in [5, 5.41) is 14.2. The van der Waals surface area contributed by atoms with Crippen LogP contribution in [0, 0.1) is 17.0 Å². The maximum Gasteiger partial charge on any atom is 0.329 e. The molecule has 1 aromatic heterocycles. The number of aromatic nitrogens is 2. The van der Waals surface area contributed by atoms with Crippen molar-refractivity contribution in [3.8, 4) is 0 Å². The van der Waals surface area contributed by atoms with Crippen LogP contribution in [-0.4, -0.2) is 28.0 Å². The molecule has 1 fully saturated rings. The van der Waals surface area contributed by atoms with Crippen molar-refractivity contribution in [2.24, 2.45) is 0 Å². The lowest BCUT2D eigenvalue weighted by Crippen LogP contribution is -2.20. The quantitative estimate of drug-likeness (QED) is 0.652. The fourth-order valence-corrected chi connectivity index (χ4v) is 2.32. The van der Waals surface area contributed by atoms with Crippen LogP contribution in [0.4, 0.5) is 17.5 Å². The highest BCUT2D eigenvalue weighted by atomic mass is 16.6.